The average Bonchev–Trinajstić information content (AvgIpc) is 2.88. The van der Waals surface area contributed by atoms with Crippen molar-refractivity contribution < 1.29 is 9.72 Å². The summed E-state index contributed by atoms with van der Waals surface area (Å²) in [6.45, 7) is 0.422. The topological polar surface area (TPSA) is 111 Å². The van der Waals surface area contributed by atoms with Crippen molar-refractivity contribution in [3.05, 3.63) is 27.1 Å². The molecule has 1 heterocycles. The summed E-state index contributed by atoms with van der Waals surface area (Å²) in [7, 11) is 0. The van der Waals surface area contributed by atoms with E-state index in [0.29, 0.717) is 0 Å². The largest absolute Gasteiger partial charge is 0.336 e. The molecule has 1 rings (SSSR count). The first kappa shape index (κ1) is 14.6. The van der Waals surface area contributed by atoms with Gasteiger partial charge in [-0.25, -0.2) is 0 Å². The molecule has 1 aromatic heterocycles. The molecule has 0 saturated heterocycles. The van der Waals surface area contributed by atoms with Crippen molar-refractivity contribution in [2.45, 2.75) is 12.8 Å². The van der Waals surface area contributed by atoms with Gasteiger partial charge < -0.3 is 4.90 Å². The van der Waals surface area contributed by atoms with Gasteiger partial charge in [-0.05, 0) is 6.07 Å². The molecule has 8 heteroatoms. The third kappa shape index (κ3) is 4.05. The molecule has 0 unspecified atom stereocenters. The normalized spacial score (nSPS) is 9.37. The van der Waals surface area contributed by atoms with Gasteiger partial charge in [0.05, 0.1) is 34.8 Å². The van der Waals surface area contributed by atoms with Crippen molar-refractivity contribution in [2.24, 2.45) is 0 Å². The van der Waals surface area contributed by atoms with E-state index in [1.54, 1.807) is 0 Å². The number of nitrogens with zero attached hydrogens (tertiary/aromatic N) is 4. The number of amides is 1. The minimum atomic E-state index is -0.559. The fraction of sp³-hybridized carbons (Fsp3) is 0.364. The maximum Gasteiger partial charge on any atom is 0.324 e. The Labute approximate surface area is 113 Å². The van der Waals surface area contributed by atoms with Crippen LogP contribution in [-0.4, -0.2) is 28.8 Å². The second-order valence-electron chi connectivity index (χ2n) is 3.50. The highest BCUT2D eigenvalue weighted by Crippen LogP contribution is 2.25. The number of nitro groups is 1. The van der Waals surface area contributed by atoms with Crippen molar-refractivity contribution in [1.82, 2.24) is 4.90 Å². The zero-order valence-corrected chi connectivity index (χ0v) is 10.7. The molecule has 1 amide bonds. The summed E-state index contributed by atoms with van der Waals surface area (Å²) in [5.74, 6) is -0.386. The smallest absolute Gasteiger partial charge is 0.324 e. The van der Waals surface area contributed by atoms with E-state index in [4.69, 9.17) is 10.5 Å². The molecule has 0 aliphatic heterocycles. The predicted molar refractivity (Wildman–Crippen MR) is 67.3 cm³/mol. The van der Waals surface area contributed by atoms with Crippen LogP contribution in [-0.2, 0) is 0 Å². The molecule has 0 aromatic carbocycles. The Hall–Kier alpha value is -2.45. The molecule has 0 saturated carbocycles. The Morgan fingerprint density at radius 2 is 1.89 bits per heavy atom. The van der Waals surface area contributed by atoms with Crippen LogP contribution in [0, 0.1) is 32.8 Å². The molecule has 1 aromatic rings. The van der Waals surface area contributed by atoms with Crippen LogP contribution in [0.25, 0.3) is 0 Å². The lowest BCUT2D eigenvalue weighted by molar-refractivity contribution is -0.380. The zero-order chi connectivity index (χ0) is 14.3. The van der Waals surface area contributed by atoms with Crippen LogP contribution >= 0.6 is 11.3 Å². The first-order chi connectivity index (χ1) is 9.10. The minimum absolute atomic E-state index is 0.108. The van der Waals surface area contributed by atoms with E-state index in [1.165, 1.54) is 17.0 Å². The third-order valence-electron chi connectivity index (χ3n) is 2.26. The van der Waals surface area contributed by atoms with Crippen molar-refractivity contribution in [3.8, 4) is 12.1 Å². The number of hydrogen-bond donors (Lipinski definition) is 0. The lowest BCUT2D eigenvalue weighted by atomic mass is 10.3. The lowest BCUT2D eigenvalue weighted by Gasteiger charge is -2.19. The molecule has 0 atom stereocenters. The second kappa shape index (κ2) is 7.09. The standard InChI is InChI=1S/C11H10N4O3S/c12-5-1-7-14(8-2-6-13)11(16)9-3-4-10(19-9)15(17)18/h3-4H,1-2,7-8H2. The highest BCUT2D eigenvalue weighted by Gasteiger charge is 2.20. The number of carbonyl (C=O) groups is 1. The van der Waals surface area contributed by atoms with Gasteiger partial charge in [-0.1, -0.05) is 11.3 Å². The molecule has 98 valence electrons. The Morgan fingerprint density at radius 3 is 2.32 bits per heavy atom. The molecule has 19 heavy (non-hydrogen) atoms. The van der Waals surface area contributed by atoms with Gasteiger partial charge in [-0.3, -0.25) is 14.9 Å². The first-order valence-electron chi connectivity index (χ1n) is 5.37. The molecular formula is C11H10N4O3S. The summed E-state index contributed by atoms with van der Waals surface area (Å²) in [5.41, 5.74) is 0. The number of hydrogen-bond acceptors (Lipinski definition) is 6. The summed E-state index contributed by atoms with van der Waals surface area (Å²) >= 11 is 0.788. The summed E-state index contributed by atoms with van der Waals surface area (Å²) in [5, 5.41) is 27.5. The molecule has 0 N–H and O–H groups in total. The third-order valence-corrected chi connectivity index (χ3v) is 3.28. The van der Waals surface area contributed by atoms with Crippen LogP contribution in [0.15, 0.2) is 12.1 Å². The van der Waals surface area contributed by atoms with Gasteiger partial charge in [0.1, 0.15) is 0 Å². The van der Waals surface area contributed by atoms with Gasteiger partial charge in [-0.2, -0.15) is 10.5 Å². The van der Waals surface area contributed by atoms with Crippen molar-refractivity contribution in [1.29, 1.82) is 10.5 Å². The second-order valence-corrected chi connectivity index (χ2v) is 4.57. The maximum atomic E-state index is 12.1. The summed E-state index contributed by atoms with van der Waals surface area (Å²) in [4.78, 5) is 23.7. The van der Waals surface area contributed by atoms with E-state index in [0.717, 1.165) is 11.3 Å². The fourth-order valence-corrected chi connectivity index (χ4v) is 2.17. The molecule has 0 spiro atoms. The van der Waals surface area contributed by atoms with E-state index in [9.17, 15) is 14.9 Å². The quantitative estimate of drug-likeness (QED) is 0.583. The lowest BCUT2D eigenvalue weighted by Crippen LogP contribution is -2.32. The number of carbonyl (C=O) groups excluding carboxylic acids is 1. The first-order valence-corrected chi connectivity index (χ1v) is 6.19. The highest BCUT2D eigenvalue weighted by molar-refractivity contribution is 7.17. The minimum Gasteiger partial charge on any atom is -0.336 e. The maximum absolute atomic E-state index is 12.1. The van der Waals surface area contributed by atoms with Gasteiger partial charge in [-0.15, -0.1) is 0 Å². The molecule has 0 aliphatic carbocycles. The van der Waals surface area contributed by atoms with Crippen LogP contribution < -0.4 is 0 Å². The van der Waals surface area contributed by atoms with E-state index < -0.39 is 4.92 Å². The molecular weight excluding hydrogens is 268 g/mol. The zero-order valence-electron chi connectivity index (χ0n) is 9.90. The SMILES string of the molecule is N#CCCN(CCC#N)C(=O)c1ccc([N+](=O)[O-])s1. The molecule has 0 radical (unpaired) electrons. The van der Waals surface area contributed by atoms with Gasteiger partial charge >= 0.3 is 5.00 Å². The van der Waals surface area contributed by atoms with Gasteiger partial charge in [0.25, 0.3) is 5.91 Å². The average molecular weight is 278 g/mol. The van der Waals surface area contributed by atoms with Crippen LogP contribution in [0.5, 0.6) is 0 Å². The number of nitriles is 2. The number of rotatable bonds is 6. The Bertz CT molecular complexity index is 537. The summed E-state index contributed by atoms with van der Waals surface area (Å²) < 4.78 is 0. The van der Waals surface area contributed by atoms with Gasteiger partial charge in [0, 0.05) is 19.2 Å². The monoisotopic (exact) mass is 278 g/mol. The van der Waals surface area contributed by atoms with Crippen LogP contribution in [0.1, 0.15) is 22.5 Å². The van der Waals surface area contributed by atoms with Crippen LogP contribution in [0.3, 0.4) is 0 Å². The summed E-state index contributed by atoms with van der Waals surface area (Å²) in [6.07, 6.45) is 0.315. The molecule has 0 bridgehead atoms. The summed E-state index contributed by atoms with van der Waals surface area (Å²) in [6, 6.07) is 6.50. The predicted octanol–water partition coefficient (Wildman–Crippen LogP) is 1.93. The Balaban J connectivity index is 2.82. The molecule has 0 aliphatic rings. The van der Waals surface area contributed by atoms with Gasteiger partial charge in [0.15, 0.2) is 0 Å². The van der Waals surface area contributed by atoms with Crippen LogP contribution in [0.4, 0.5) is 5.00 Å². The number of thiophene rings is 1. The Kier molecular flexibility index (Phi) is 5.45. The van der Waals surface area contributed by atoms with Gasteiger partial charge in [0.2, 0.25) is 0 Å². The Morgan fingerprint density at radius 1 is 1.32 bits per heavy atom. The van der Waals surface area contributed by atoms with E-state index in [1.807, 2.05) is 12.1 Å². The van der Waals surface area contributed by atoms with E-state index >= 15 is 0 Å². The molecule has 0 fully saturated rings. The van der Waals surface area contributed by atoms with E-state index in [2.05, 4.69) is 0 Å². The van der Waals surface area contributed by atoms with Crippen molar-refractivity contribution >= 4 is 22.2 Å². The van der Waals surface area contributed by atoms with Crippen LogP contribution in [0.2, 0.25) is 0 Å². The highest BCUT2D eigenvalue weighted by atomic mass is 32.1. The van der Waals surface area contributed by atoms with Crippen molar-refractivity contribution in [3.63, 3.8) is 0 Å². The molecule has 7 nitrogen and oxygen atoms in total. The van der Waals surface area contributed by atoms with Crippen molar-refractivity contribution in [2.75, 3.05) is 13.1 Å². The fourth-order valence-electron chi connectivity index (χ4n) is 1.38. The van der Waals surface area contributed by atoms with E-state index in [-0.39, 0.29) is 41.7 Å².